The van der Waals surface area contributed by atoms with Gasteiger partial charge in [-0.05, 0) is 19.5 Å². The predicted octanol–water partition coefficient (Wildman–Crippen LogP) is 3.90. The van der Waals surface area contributed by atoms with Gasteiger partial charge in [-0.25, -0.2) is 0 Å². The van der Waals surface area contributed by atoms with Crippen molar-refractivity contribution in [3.05, 3.63) is 36.0 Å². The molecule has 4 rings (SSSR count). The molecule has 1 fully saturated rings. The van der Waals surface area contributed by atoms with Crippen molar-refractivity contribution in [3.8, 4) is 34.8 Å². The fourth-order valence-corrected chi connectivity index (χ4v) is 4.53. The number of nitrogens with one attached hydrogen (secondary N) is 1. The average molecular weight is 522 g/mol. The zero-order chi connectivity index (χ0) is 27.1. The zero-order valence-corrected chi connectivity index (χ0v) is 22.7. The van der Waals surface area contributed by atoms with Crippen LogP contribution in [0, 0.1) is 11.3 Å². The molecule has 0 radical (unpaired) electrons. The molecular weight excluding hydrogens is 486 g/mol. The Labute approximate surface area is 223 Å². The maximum absolute atomic E-state index is 9.82. The van der Waals surface area contributed by atoms with Crippen molar-refractivity contribution in [2.75, 3.05) is 80.1 Å². The third-order valence-electron chi connectivity index (χ3n) is 6.68. The number of nitrogens with zero attached hydrogens (tertiary/aromatic N) is 4. The largest absolute Gasteiger partial charge is 0.493 e. The SMILES string of the molecule is COc1cc2c(Nc3cc(OC)c(OC)c(OC)c3)c(C#N)cnc2cc1OCCCN1CCN(C)CC1. The second-order valence-electron chi connectivity index (χ2n) is 9.06. The van der Waals surface area contributed by atoms with Crippen LogP contribution in [0.3, 0.4) is 0 Å². The zero-order valence-electron chi connectivity index (χ0n) is 22.7. The first kappa shape index (κ1) is 27.1. The molecule has 202 valence electrons. The number of ether oxygens (including phenoxy) is 5. The lowest BCUT2D eigenvalue weighted by Crippen LogP contribution is -2.44. The first-order chi connectivity index (χ1) is 18.5. The number of likely N-dealkylation sites (N-methyl/N-ethyl adjacent to an activating group) is 1. The van der Waals surface area contributed by atoms with E-state index in [0.717, 1.165) is 44.5 Å². The first-order valence-electron chi connectivity index (χ1n) is 12.5. The summed E-state index contributed by atoms with van der Waals surface area (Å²) in [6, 6.07) is 9.49. The second-order valence-corrected chi connectivity index (χ2v) is 9.06. The first-order valence-corrected chi connectivity index (χ1v) is 12.5. The summed E-state index contributed by atoms with van der Waals surface area (Å²) in [7, 11) is 8.43. The van der Waals surface area contributed by atoms with Crippen molar-refractivity contribution in [1.29, 1.82) is 5.26 Å². The molecule has 0 amide bonds. The molecule has 3 aromatic rings. The van der Waals surface area contributed by atoms with E-state index in [0.29, 0.717) is 57.8 Å². The van der Waals surface area contributed by atoms with E-state index >= 15 is 0 Å². The molecule has 0 bridgehead atoms. The molecular formula is C28H35N5O5. The molecule has 1 saturated heterocycles. The molecule has 1 aliphatic heterocycles. The van der Waals surface area contributed by atoms with E-state index in [2.05, 4.69) is 33.2 Å². The molecule has 0 saturated carbocycles. The summed E-state index contributed by atoms with van der Waals surface area (Å²) in [5.41, 5.74) is 2.31. The van der Waals surface area contributed by atoms with E-state index in [-0.39, 0.29) is 0 Å². The highest BCUT2D eigenvalue weighted by molar-refractivity contribution is 5.97. The molecule has 1 aromatic heterocycles. The van der Waals surface area contributed by atoms with Crippen LogP contribution in [0.15, 0.2) is 30.5 Å². The Morgan fingerprint density at radius 3 is 2.18 bits per heavy atom. The third kappa shape index (κ3) is 5.96. The molecule has 0 unspecified atom stereocenters. The van der Waals surface area contributed by atoms with E-state index in [1.54, 1.807) is 46.8 Å². The Morgan fingerprint density at radius 2 is 1.58 bits per heavy atom. The maximum Gasteiger partial charge on any atom is 0.203 e. The lowest BCUT2D eigenvalue weighted by molar-refractivity contribution is 0.145. The summed E-state index contributed by atoms with van der Waals surface area (Å²) in [5.74, 6) is 2.67. The molecule has 2 aromatic carbocycles. The van der Waals surface area contributed by atoms with Crippen LogP contribution in [0.2, 0.25) is 0 Å². The number of anilines is 2. The van der Waals surface area contributed by atoms with Crippen LogP contribution < -0.4 is 29.0 Å². The molecule has 10 nitrogen and oxygen atoms in total. The standard InChI is InChI=1S/C28H35N5O5/c1-32-8-10-33(11-9-32)7-6-12-38-24-16-22-21(15-23(24)34-2)27(19(17-29)18-30-22)31-20-13-25(35-3)28(37-5)26(14-20)36-4/h13-16,18H,6-12H2,1-5H3,(H,30,31). The van der Waals surface area contributed by atoms with Gasteiger partial charge in [0.2, 0.25) is 5.75 Å². The van der Waals surface area contributed by atoms with Crippen LogP contribution in [0.4, 0.5) is 11.4 Å². The van der Waals surface area contributed by atoms with E-state index in [9.17, 15) is 5.26 Å². The number of fused-ring (bicyclic) bond motifs is 1. The van der Waals surface area contributed by atoms with Crippen LogP contribution in [-0.2, 0) is 0 Å². The van der Waals surface area contributed by atoms with Crippen molar-refractivity contribution in [1.82, 2.24) is 14.8 Å². The number of rotatable bonds is 11. The summed E-state index contributed by atoms with van der Waals surface area (Å²) in [6.07, 6.45) is 2.46. The Bertz CT molecular complexity index is 1280. The van der Waals surface area contributed by atoms with Gasteiger partial charge in [-0.15, -0.1) is 0 Å². The van der Waals surface area contributed by atoms with Gasteiger partial charge >= 0.3 is 0 Å². The molecule has 0 spiro atoms. The van der Waals surface area contributed by atoms with Gasteiger partial charge in [-0.2, -0.15) is 5.26 Å². The second kappa shape index (κ2) is 12.5. The normalized spacial score (nSPS) is 14.1. The van der Waals surface area contributed by atoms with Crippen molar-refractivity contribution in [2.45, 2.75) is 6.42 Å². The van der Waals surface area contributed by atoms with E-state index in [1.165, 1.54) is 0 Å². The highest BCUT2D eigenvalue weighted by Crippen LogP contribution is 2.42. The van der Waals surface area contributed by atoms with Gasteiger partial charge in [0.05, 0.1) is 51.8 Å². The quantitative estimate of drug-likeness (QED) is 0.374. The van der Waals surface area contributed by atoms with E-state index in [4.69, 9.17) is 23.7 Å². The monoisotopic (exact) mass is 521 g/mol. The highest BCUT2D eigenvalue weighted by atomic mass is 16.5. The van der Waals surface area contributed by atoms with Crippen molar-refractivity contribution < 1.29 is 23.7 Å². The van der Waals surface area contributed by atoms with Gasteiger partial charge in [0.1, 0.15) is 6.07 Å². The highest BCUT2D eigenvalue weighted by Gasteiger charge is 2.18. The molecule has 10 heteroatoms. The number of aromatic nitrogens is 1. The Balaban J connectivity index is 1.59. The van der Waals surface area contributed by atoms with Crippen molar-refractivity contribution in [3.63, 3.8) is 0 Å². The lowest BCUT2D eigenvalue weighted by atomic mass is 10.1. The Hall–Kier alpha value is -3.94. The van der Waals surface area contributed by atoms with Gasteiger partial charge in [0.25, 0.3) is 0 Å². The van der Waals surface area contributed by atoms with Gasteiger partial charge in [0.15, 0.2) is 23.0 Å². The molecule has 0 atom stereocenters. The number of hydrogen-bond acceptors (Lipinski definition) is 10. The number of nitriles is 1. The Kier molecular flexibility index (Phi) is 8.94. The topological polar surface area (TPSA) is 101 Å². The van der Waals surface area contributed by atoms with Crippen molar-refractivity contribution in [2.24, 2.45) is 0 Å². The molecule has 1 N–H and O–H groups in total. The Morgan fingerprint density at radius 1 is 0.895 bits per heavy atom. The minimum atomic E-state index is 0.383. The molecule has 2 heterocycles. The van der Waals surface area contributed by atoms with Gasteiger partial charge in [-0.1, -0.05) is 0 Å². The minimum absolute atomic E-state index is 0.383. The van der Waals surface area contributed by atoms with Crippen LogP contribution in [0.25, 0.3) is 10.9 Å². The van der Waals surface area contributed by atoms with Crippen LogP contribution in [-0.4, -0.2) is 89.6 Å². The smallest absolute Gasteiger partial charge is 0.203 e. The maximum atomic E-state index is 9.82. The summed E-state index contributed by atoms with van der Waals surface area (Å²) in [6.45, 7) is 5.94. The summed E-state index contributed by atoms with van der Waals surface area (Å²) >= 11 is 0. The summed E-state index contributed by atoms with van der Waals surface area (Å²) in [4.78, 5) is 9.33. The number of hydrogen-bond donors (Lipinski definition) is 1. The molecule has 0 aliphatic carbocycles. The van der Waals surface area contributed by atoms with E-state index in [1.807, 2.05) is 12.1 Å². The number of methoxy groups -OCH3 is 4. The average Bonchev–Trinajstić information content (AvgIpc) is 2.95. The minimum Gasteiger partial charge on any atom is -0.493 e. The van der Waals surface area contributed by atoms with Gasteiger partial charge < -0.3 is 38.8 Å². The number of piperazine rings is 1. The van der Waals surface area contributed by atoms with Gasteiger partial charge in [-0.3, -0.25) is 4.98 Å². The fraction of sp³-hybridized carbons (Fsp3) is 0.429. The van der Waals surface area contributed by atoms with E-state index < -0.39 is 0 Å². The number of pyridine rings is 1. The predicted molar refractivity (Wildman–Crippen MR) is 146 cm³/mol. The third-order valence-corrected chi connectivity index (χ3v) is 6.68. The lowest BCUT2D eigenvalue weighted by Gasteiger charge is -2.32. The molecule has 38 heavy (non-hydrogen) atoms. The fourth-order valence-electron chi connectivity index (χ4n) is 4.53. The summed E-state index contributed by atoms with van der Waals surface area (Å²) < 4.78 is 28.2. The van der Waals surface area contributed by atoms with Crippen LogP contribution in [0.1, 0.15) is 12.0 Å². The van der Waals surface area contributed by atoms with Crippen LogP contribution in [0.5, 0.6) is 28.7 Å². The van der Waals surface area contributed by atoms with Crippen molar-refractivity contribution >= 4 is 22.3 Å². The summed E-state index contributed by atoms with van der Waals surface area (Å²) in [5, 5.41) is 13.9. The van der Waals surface area contributed by atoms with Crippen LogP contribution >= 0.6 is 0 Å². The van der Waals surface area contributed by atoms with Gasteiger partial charge in [0, 0.05) is 68.2 Å². The number of benzene rings is 2. The molecule has 1 aliphatic rings.